The summed E-state index contributed by atoms with van der Waals surface area (Å²) in [5, 5.41) is 0. The summed E-state index contributed by atoms with van der Waals surface area (Å²) in [6, 6.07) is 0. The Labute approximate surface area is 328 Å². The zero-order chi connectivity index (χ0) is 37.1. The van der Waals surface area contributed by atoms with Crippen molar-refractivity contribution < 1.29 is 0 Å². The van der Waals surface area contributed by atoms with Gasteiger partial charge in [0.05, 0.1) is 0 Å². The molecule has 0 N–H and O–H groups in total. The molecule has 52 heavy (non-hydrogen) atoms. The minimum absolute atomic E-state index is 0.964. The van der Waals surface area contributed by atoms with Gasteiger partial charge in [-0.25, -0.2) is 15.0 Å². The SMILES string of the molecule is CCCCCCCCCCCCCCCCCCCCCCCc1n[c]nc(CCCCCCCCCCCCCCCCCCCCCCC)n1. The number of aryl methyl sites for hydroxylation is 2. The van der Waals surface area contributed by atoms with Gasteiger partial charge in [0.15, 0.2) is 0 Å². The molecule has 0 fully saturated rings. The van der Waals surface area contributed by atoms with E-state index in [1.165, 1.54) is 270 Å². The molecule has 0 aliphatic heterocycles. The summed E-state index contributed by atoms with van der Waals surface area (Å²) in [6.07, 6.45) is 64.8. The molecule has 0 spiro atoms. The van der Waals surface area contributed by atoms with Crippen molar-refractivity contribution in [1.82, 2.24) is 15.0 Å². The van der Waals surface area contributed by atoms with Crippen LogP contribution in [0.3, 0.4) is 0 Å². The Morgan fingerprint density at radius 1 is 0.250 bits per heavy atom. The van der Waals surface area contributed by atoms with E-state index in [9.17, 15) is 0 Å². The van der Waals surface area contributed by atoms with E-state index in [4.69, 9.17) is 4.98 Å². The van der Waals surface area contributed by atoms with E-state index in [-0.39, 0.29) is 0 Å². The monoisotopic (exact) mass is 725 g/mol. The van der Waals surface area contributed by atoms with Crippen LogP contribution in [-0.2, 0) is 12.8 Å². The highest BCUT2D eigenvalue weighted by molar-refractivity contribution is 4.90. The molecule has 1 radical (unpaired) electrons. The van der Waals surface area contributed by atoms with Gasteiger partial charge in [0, 0.05) is 12.8 Å². The fourth-order valence-corrected chi connectivity index (χ4v) is 7.99. The van der Waals surface area contributed by atoms with Crippen LogP contribution in [0, 0.1) is 6.33 Å². The average Bonchev–Trinajstić information content (AvgIpc) is 3.16. The molecule has 0 atom stereocenters. The third-order valence-corrected chi connectivity index (χ3v) is 11.6. The van der Waals surface area contributed by atoms with E-state index in [1.54, 1.807) is 0 Å². The Kier molecular flexibility index (Phi) is 40.3. The van der Waals surface area contributed by atoms with Crippen molar-refractivity contribution >= 4 is 0 Å². The molecule has 305 valence electrons. The second-order valence-electron chi connectivity index (χ2n) is 16.9. The molecule has 0 saturated carbocycles. The maximum absolute atomic E-state index is 4.76. The number of hydrogen-bond acceptors (Lipinski definition) is 3. The van der Waals surface area contributed by atoms with Gasteiger partial charge >= 0.3 is 0 Å². The van der Waals surface area contributed by atoms with Gasteiger partial charge in [-0.3, -0.25) is 0 Å². The molecule has 1 aromatic rings. The van der Waals surface area contributed by atoms with E-state index in [0.717, 1.165) is 24.5 Å². The summed E-state index contributed by atoms with van der Waals surface area (Å²) in [7, 11) is 0. The number of hydrogen-bond donors (Lipinski definition) is 0. The van der Waals surface area contributed by atoms with E-state index < -0.39 is 0 Å². The Hall–Kier alpha value is -0.990. The van der Waals surface area contributed by atoms with E-state index in [1.807, 2.05) is 0 Å². The minimum atomic E-state index is 0.964. The molecule has 1 rings (SSSR count). The fraction of sp³-hybridized carbons (Fsp3) is 0.939. The molecule has 0 aliphatic rings. The normalized spacial score (nSPS) is 11.6. The van der Waals surface area contributed by atoms with Crippen molar-refractivity contribution in [2.45, 2.75) is 296 Å². The molecule has 0 amide bonds. The number of aromatic nitrogens is 3. The molecule has 0 unspecified atom stereocenters. The predicted molar refractivity (Wildman–Crippen MR) is 231 cm³/mol. The van der Waals surface area contributed by atoms with Gasteiger partial charge < -0.3 is 0 Å². The molecule has 0 aromatic carbocycles. The highest BCUT2D eigenvalue weighted by Crippen LogP contribution is 2.17. The Morgan fingerprint density at radius 3 is 0.615 bits per heavy atom. The summed E-state index contributed by atoms with van der Waals surface area (Å²) >= 11 is 0. The van der Waals surface area contributed by atoms with E-state index in [2.05, 4.69) is 30.1 Å². The topological polar surface area (TPSA) is 38.7 Å². The number of unbranched alkanes of at least 4 members (excludes halogenated alkanes) is 40. The third-order valence-electron chi connectivity index (χ3n) is 11.6. The van der Waals surface area contributed by atoms with E-state index >= 15 is 0 Å². The standard InChI is InChI=1S/C49H94N3/c1-3-5-7-9-11-13-15-17-19-21-23-25-27-29-31-33-35-37-39-41-43-45-48-50-47-51-49(52-48)46-44-42-40-38-36-34-32-30-28-26-24-22-20-18-16-14-12-10-8-6-4-2/h3-46H2,1-2H3. The third kappa shape index (κ3) is 37.3. The van der Waals surface area contributed by atoms with Crippen LogP contribution in [0.1, 0.15) is 295 Å². The van der Waals surface area contributed by atoms with Crippen LogP contribution in [0.15, 0.2) is 0 Å². The maximum atomic E-state index is 4.76. The summed E-state index contributed by atoms with van der Waals surface area (Å²) in [5.41, 5.74) is 0. The summed E-state index contributed by atoms with van der Waals surface area (Å²) in [4.78, 5) is 13.5. The Balaban J connectivity index is 1.79. The van der Waals surface area contributed by atoms with Crippen molar-refractivity contribution in [3.63, 3.8) is 0 Å². The van der Waals surface area contributed by atoms with Gasteiger partial charge in [0.2, 0.25) is 6.33 Å². The number of nitrogens with zero attached hydrogens (tertiary/aromatic N) is 3. The van der Waals surface area contributed by atoms with Gasteiger partial charge in [-0.2, -0.15) is 0 Å². The average molecular weight is 725 g/mol. The van der Waals surface area contributed by atoms with E-state index in [0.29, 0.717) is 0 Å². The van der Waals surface area contributed by atoms with Crippen molar-refractivity contribution in [3.8, 4) is 0 Å². The lowest BCUT2D eigenvalue weighted by Gasteiger charge is -2.05. The quantitative estimate of drug-likeness (QED) is 0.0629. The second kappa shape index (κ2) is 42.7. The van der Waals surface area contributed by atoms with Crippen molar-refractivity contribution in [2.24, 2.45) is 0 Å². The lowest BCUT2D eigenvalue weighted by atomic mass is 10.0. The molecule has 0 bridgehead atoms. The first-order chi connectivity index (χ1) is 25.9. The van der Waals surface area contributed by atoms with Crippen molar-refractivity contribution in [1.29, 1.82) is 0 Å². The number of rotatable bonds is 44. The van der Waals surface area contributed by atoms with Gasteiger partial charge in [-0.1, -0.05) is 271 Å². The molecule has 1 heterocycles. The van der Waals surface area contributed by atoms with Crippen molar-refractivity contribution in [2.75, 3.05) is 0 Å². The fourth-order valence-electron chi connectivity index (χ4n) is 7.99. The first-order valence-corrected chi connectivity index (χ1v) is 24.5. The summed E-state index contributed by atoms with van der Waals surface area (Å²) in [5.74, 6) is 1.93. The van der Waals surface area contributed by atoms with Gasteiger partial charge in [-0.15, -0.1) is 0 Å². The van der Waals surface area contributed by atoms with Crippen LogP contribution >= 0.6 is 0 Å². The van der Waals surface area contributed by atoms with Crippen LogP contribution in [0.5, 0.6) is 0 Å². The highest BCUT2D eigenvalue weighted by Gasteiger charge is 2.03. The molecular formula is C49H94N3. The largest absolute Gasteiger partial charge is 0.218 e. The first-order valence-electron chi connectivity index (χ1n) is 24.5. The van der Waals surface area contributed by atoms with Gasteiger partial charge in [0.1, 0.15) is 11.6 Å². The zero-order valence-corrected chi connectivity index (χ0v) is 36.0. The smallest absolute Gasteiger partial charge is 0.201 e. The van der Waals surface area contributed by atoms with Crippen LogP contribution in [-0.4, -0.2) is 15.0 Å². The molecule has 1 aromatic heterocycles. The summed E-state index contributed by atoms with van der Waals surface area (Å²) < 4.78 is 0. The van der Waals surface area contributed by atoms with Crippen LogP contribution in [0.2, 0.25) is 0 Å². The minimum Gasteiger partial charge on any atom is -0.218 e. The molecule has 0 saturated heterocycles. The molecule has 0 aliphatic carbocycles. The maximum Gasteiger partial charge on any atom is 0.201 e. The van der Waals surface area contributed by atoms with Gasteiger partial charge in [0.25, 0.3) is 0 Å². The molecule has 3 nitrogen and oxygen atoms in total. The predicted octanol–water partition coefficient (Wildman–Crippen LogP) is 17.2. The molecular weight excluding hydrogens is 631 g/mol. The van der Waals surface area contributed by atoms with Crippen LogP contribution in [0.25, 0.3) is 0 Å². The highest BCUT2D eigenvalue weighted by atomic mass is 15.0. The summed E-state index contributed by atoms with van der Waals surface area (Å²) in [6.45, 7) is 4.61. The van der Waals surface area contributed by atoms with Gasteiger partial charge in [-0.05, 0) is 12.8 Å². The first kappa shape index (κ1) is 49.0. The Morgan fingerprint density at radius 2 is 0.423 bits per heavy atom. The van der Waals surface area contributed by atoms with Crippen molar-refractivity contribution in [3.05, 3.63) is 18.0 Å². The van der Waals surface area contributed by atoms with Crippen LogP contribution < -0.4 is 0 Å². The lowest BCUT2D eigenvalue weighted by molar-refractivity contribution is 0.519. The zero-order valence-electron chi connectivity index (χ0n) is 36.0. The Bertz CT molecular complexity index is 733. The second-order valence-corrected chi connectivity index (χ2v) is 16.9. The molecule has 3 heteroatoms. The lowest BCUT2D eigenvalue weighted by Crippen LogP contribution is -2.03. The van der Waals surface area contributed by atoms with Crippen LogP contribution in [0.4, 0.5) is 0 Å².